The summed E-state index contributed by atoms with van der Waals surface area (Å²) in [5.41, 5.74) is 2.30. The highest BCUT2D eigenvalue weighted by molar-refractivity contribution is 7.82. The van der Waals surface area contributed by atoms with E-state index in [1.807, 2.05) is 24.3 Å². The van der Waals surface area contributed by atoms with Crippen LogP contribution in [-0.2, 0) is 16.6 Å². The van der Waals surface area contributed by atoms with Crippen LogP contribution >= 0.6 is 12.2 Å². The molecule has 3 heteroatoms. The van der Waals surface area contributed by atoms with Crippen molar-refractivity contribution in [3.05, 3.63) is 35.4 Å². The van der Waals surface area contributed by atoms with E-state index in [4.69, 9.17) is 17.3 Å². The molecule has 0 amide bonds. The van der Waals surface area contributed by atoms with Gasteiger partial charge in [-0.25, -0.2) is 4.79 Å². The molecular weight excluding hydrogens is 220 g/mol. The van der Waals surface area contributed by atoms with Gasteiger partial charge in [-0.3, -0.25) is 0 Å². The summed E-state index contributed by atoms with van der Waals surface area (Å²) >= 11 is 4.77. The summed E-state index contributed by atoms with van der Waals surface area (Å²) in [6, 6.07) is 7.94. The molecule has 0 saturated heterocycles. The number of carboxylic acid groups (broad SMARTS) is 1. The maximum atomic E-state index is 10.6. The monoisotopic (exact) mass is 236 g/mol. The Morgan fingerprint density at radius 3 is 2.12 bits per heavy atom. The largest absolute Gasteiger partial charge is 0.477 e. The highest BCUT2D eigenvalue weighted by atomic mass is 32.1. The smallest absolute Gasteiger partial charge is 0.342 e. The Kier molecular flexibility index (Phi) is 3.81. The van der Waals surface area contributed by atoms with Gasteiger partial charge in [0.15, 0.2) is 0 Å². The second-order valence-corrected chi connectivity index (χ2v) is 5.34. The first kappa shape index (κ1) is 12.8. The molecule has 86 valence electrons. The van der Waals surface area contributed by atoms with Crippen LogP contribution in [-0.4, -0.2) is 15.9 Å². The molecule has 0 spiro atoms. The van der Waals surface area contributed by atoms with Crippen LogP contribution < -0.4 is 0 Å². The first-order chi connectivity index (χ1) is 7.30. The second-order valence-electron chi connectivity index (χ2n) is 4.85. The number of carboxylic acids is 1. The Morgan fingerprint density at radius 2 is 1.75 bits per heavy atom. The van der Waals surface area contributed by atoms with Gasteiger partial charge in [-0.15, -0.1) is 0 Å². The molecule has 0 heterocycles. The van der Waals surface area contributed by atoms with E-state index in [9.17, 15) is 4.79 Å². The van der Waals surface area contributed by atoms with Gasteiger partial charge in [0, 0.05) is 6.42 Å². The lowest BCUT2D eigenvalue weighted by Gasteiger charge is -2.19. The number of aliphatic carboxylic acids is 1. The Hall–Kier alpha value is -1.22. The Morgan fingerprint density at radius 1 is 1.25 bits per heavy atom. The maximum absolute atomic E-state index is 10.6. The molecule has 0 aromatic heterocycles. The first-order valence-electron chi connectivity index (χ1n) is 5.16. The molecule has 1 rings (SSSR count). The molecule has 16 heavy (non-hydrogen) atoms. The predicted octanol–water partition coefficient (Wildman–Crippen LogP) is 2.98. The van der Waals surface area contributed by atoms with Crippen molar-refractivity contribution in [2.24, 2.45) is 0 Å². The molecule has 0 aliphatic carbocycles. The number of benzene rings is 1. The van der Waals surface area contributed by atoms with E-state index in [2.05, 4.69) is 20.8 Å². The van der Waals surface area contributed by atoms with Gasteiger partial charge >= 0.3 is 5.97 Å². The highest BCUT2D eigenvalue weighted by Crippen LogP contribution is 2.22. The predicted molar refractivity (Wildman–Crippen MR) is 69.1 cm³/mol. The summed E-state index contributed by atoms with van der Waals surface area (Å²) in [6.07, 6.45) is 0.328. The van der Waals surface area contributed by atoms with E-state index in [1.54, 1.807) is 0 Å². The Balaban J connectivity index is 2.80. The van der Waals surface area contributed by atoms with Crippen LogP contribution in [0.1, 0.15) is 31.9 Å². The molecule has 1 aromatic carbocycles. The minimum absolute atomic E-state index is 0.0588. The van der Waals surface area contributed by atoms with Gasteiger partial charge in [0.1, 0.15) is 4.86 Å². The molecule has 0 unspecified atom stereocenters. The SMILES string of the molecule is CC(C)(C)c1ccc(CC(=S)C(=O)O)cc1. The molecule has 0 radical (unpaired) electrons. The maximum Gasteiger partial charge on any atom is 0.342 e. The van der Waals surface area contributed by atoms with Crippen LogP contribution in [0.3, 0.4) is 0 Å². The standard InChI is InChI=1S/C13H16O2S/c1-13(2,3)10-6-4-9(5-7-10)8-11(16)12(14)15/h4-7H,8H2,1-3H3,(H,14,15). The minimum Gasteiger partial charge on any atom is -0.477 e. The van der Waals surface area contributed by atoms with E-state index in [0.717, 1.165) is 5.56 Å². The van der Waals surface area contributed by atoms with Gasteiger partial charge in [0.2, 0.25) is 0 Å². The lowest BCUT2D eigenvalue weighted by Crippen LogP contribution is -2.14. The summed E-state index contributed by atoms with van der Waals surface area (Å²) < 4.78 is 0. The molecule has 0 aliphatic rings. The van der Waals surface area contributed by atoms with Gasteiger partial charge in [0.05, 0.1) is 0 Å². The summed E-state index contributed by atoms with van der Waals surface area (Å²) in [7, 11) is 0. The molecule has 2 nitrogen and oxygen atoms in total. The minimum atomic E-state index is -1.00. The molecule has 0 atom stereocenters. The number of hydrogen-bond acceptors (Lipinski definition) is 2. The number of thiocarbonyl (C=S) groups is 1. The molecule has 0 saturated carbocycles. The van der Waals surface area contributed by atoms with Crippen LogP contribution in [0, 0.1) is 0 Å². The molecule has 0 bridgehead atoms. The average molecular weight is 236 g/mol. The number of hydrogen-bond donors (Lipinski definition) is 1. The molecular formula is C13H16O2S. The molecule has 1 aromatic rings. The summed E-state index contributed by atoms with van der Waals surface area (Å²) in [6.45, 7) is 6.43. The highest BCUT2D eigenvalue weighted by Gasteiger charge is 2.13. The second kappa shape index (κ2) is 4.74. The van der Waals surface area contributed by atoms with Gasteiger partial charge in [0.25, 0.3) is 0 Å². The number of carbonyl (C=O) groups is 1. The summed E-state index contributed by atoms with van der Waals surface area (Å²) in [4.78, 5) is 10.6. The average Bonchev–Trinajstić information content (AvgIpc) is 2.17. The van der Waals surface area contributed by atoms with E-state index in [-0.39, 0.29) is 10.3 Å². The van der Waals surface area contributed by atoms with E-state index in [1.165, 1.54) is 5.56 Å². The fourth-order valence-electron chi connectivity index (χ4n) is 1.38. The zero-order valence-electron chi connectivity index (χ0n) is 9.78. The summed E-state index contributed by atoms with van der Waals surface area (Å²) in [5, 5.41) is 8.69. The van der Waals surface area contributed by atoms with Crippen molar-refractivity contribution in [3.8, 4) is 0 Å². The van der Waals surface area contributed by atoms with Gasteiger partial charge < -0.3 is 5.11 Å². The normalized spacial score (nSPS) is 11.2. The Labute approximate surface area is 101 Å². The molecule has 1 N–H and O–H groups in total. The lowest BCUT2D eigenvalue weighted by molar-refractivity contribution is -0.129. The Bertz CT molecular complexity index is 399. The van der Waals surface area contributed by atoms with Crippen molar-refractivity contribution in [3.63, 3.8) is 0 Å². The van der Waals surface area contributed by atoms with Gasteiger partial charge in [-0.1, -0.05) is 57.3 Å². The van der Waals surface area contributed by atoms with Crippen LogP contribution in [0.25, 0.3) is 0 Å². The van der Waals surface area contributed by atoms with Crippen LogP contribution in [0.15, 0.2) is 24.3 Å². The van der Waals surface area contributed by atoms with Gasteiger partial charge in [-0.05, 0) is 16.5 Å². The fourth-order valence-corrected chi connectivity index (χ4v) is 1.55. The van der Waals surface area contributed by atoms with Crippen molar-refractivity contribution >= 4 is 23.1 Å². The fraction of sp³-hybridized carbons (Fsp3) is 0.385. The molecule has 0 aliphatic heterocycles. The van der Waals surface area contributed by atoms with Crippen molar-refractivity contribution in [2.45, 2.75) is 32.6 Å². The van der Waals surface area contributed by atoms with Crippen molar-refractivity contribution in [1.29, 1.82) is 0 Å². The van der Waals surface area contributed by atoms with Crippen molar-refractivity contribution < 1.29 is 9.90 Å². The van der Waals surface area contributed by atoms with Crippen molar-refractivity contribution in [2.75, 3.05) is 0 Å². The molecule has 0 fully saturated rings. The quantitative estimate of drug-likeness (QED) is 0.820. The van der Waals surface area contributed by atoms with E-state index < -0.39 is 5.97 Å². The first-order valence-corrected chi connectivity index (χ1v) is 5.57. The van der Waals surface area contributed by atoms with Crippen LogP contribution in [0.2, 0.25) is 0 Å². The van der Waals surface area contributed by atoms with Gasteiger partial charge in [-0.2, -0.15) is 0 Å². The zero-order valence-corrected chi connectivity index (χ0v) is 10.6. The summed E-state index contributed by atoms with van der Waals surface area (Å²) in [5.74, 6) is -1.00. The van der Waals surface area contributed by atoms with E-state index in [0.29, 0.717) is 6.42 Å². The zero-order chi connectivity index (χ0) is 12.3. The number of rotatable bonds is 3. The van der Waals surface area contributed by atoms with Crippen LogP contribution in [0.5, 0.6) is 0 Å². The third kappa shape index (κ3) is 3.42. The van der Waals surface area contributed by atoms with E-state index >= 15 is 0 Å². The lowest BCUT2D eigenvalue weighted by atomic mass is 9.86. The topological polar surface area (TPSA) is 37.3 Å². The third-order valence-corrected chi connectivity index (χ3v) is 2.74. The van der Waals surface area contributed by atoms with Crippen molar-refractivity contribution in [1.82, 2.24) is 0 Å². The third-order valence-electron chi connectivity index (χ3n) is 2.42. The van der Waals surface area contributed by atoms with Crippen LogP contribution in [0.4, 0.5) is 0 Å².